The Bertz CT molecular complexity index is 634. The van der Waals surface area contributed by atoms with Gasteiger partial charge in [0.15, 0.2) is 0 Å². The summed E-state index contributed by atoms with van der Waals surface area (Å²) in [6.45, 7) is 2.22. The molecule has 2 aliphatic carbocycles. The van der Waals surface area contributed by atoms with Crippen molar-refractivity contribution in [2.45, 2.75) is 95.5 Å². The molecule has 4 atom stereocenters. The number of rotatable bonds is 11. The Morgan fingerprint density at radius 2 is 2.07 bits per heavy atom. The van der Waals surface area contributed by atoms with Crippen LogP contribution in [0.25, 0.3) is 0 Å². The highest BCUT2D eigenvalue weighted by molar-refractivity contribution is 7.13. The molecule has 2 fully saturated rings. The van der Waals surface area contributed by atoms with Gasteiger partial charge in [0, 0.05) is 10.3 Å². The van der Waals surface area contributed by atoms with E-state index in [0.717, 1.165) is 44.9 Å². The monoisotopic (exact) mass is 426 g/mol. The number of aliphatic hydroxyl groups is 1. The molecule has 1 aromatic rings. The molecule has 158 valence electrons. The predicted molar refractivity (Wildman–Crippen MR) is 117 cm³/mol. The molecular formula is C23H35ClO3S. The van der Waals surface area contributed by atoms with Crippen LogP contribution in [0, 0.1) is 17.3 Å². The highest BCUT2D eigenvalue weighted by atomic mass is 35.5. The number of hydrogen-bond donors (Lipinski definition) is 2. The Labute approximate surface area is 178 Å². The summed E-state index contributed by atoms with van der Waals surface area (Å²) in [4.78, 5) is 12.6. The lowest BCUT2D eigenvalue weighted by Crippen LogP contribution is -2.40. The molecule has 28 heavy (non-hydrogen) atoms. The number of halogens is 1. The molecule has 0 saturated heterocycles. The zero-order chi connectivity index (χ0) is 20.1. The number of carbonyl (C=O) groups is 1. The molecule has 1 heterocycles. The van der Waals surface area contributed by atoms with E-state index in [-0.39, 0.29) is 16.9 Å². The van der Waals surface area contributed by atoms with Gasteiger partial charge in [0.25, 0.3) is 0 Å². The summed E-state index contributed by atoms with van der Waals surface area (Å²) in [5.74, 6) is 0.430. The summed E-state index contributed by atoms with van der Waals surface area (Å²) >= 11 is 8.05. The Kier molecular flexibility index (Phi) is 7.86. The first kappa shape index (κ1) is 22.1. The number of aliphatic hydroxyl groups excluding tert-OH is 1. The number of hydrogen-bond acceptors (Lipinski definition) is 3. The zero-order valence-electron chi connectivity index (χ0n) is 17.0. The Hall–Kier alpha value is -0.580. The third kappa shape index (κ3) is 5.12. The molecule has 2 aliphatic rings. The van der Waals surface area contributed by atoms with E-state index in [2.05, 4.69) is 6.92 Å². The lowest BCUT2D eigenvalue weighted by molar-refractivity contribution is -0.0437. The van der Waals surface area contributed by atoms with E-state index in [9.17, 15) is 9.90 Å². The average Bonchev–Trinajstić information content (AvgIpc) is 3.23. The van der Waals surface area contributed by atoms with Crippen LogP contribution in [-0.2, 0) is 6.42 Å². The number of carboxylic acids is 1. The van der Waals surface area contributed by atoms with Crippen LogP contribution in [0.15, 0.2) is 12.1 Å². The lowest BCUT2D eigenvalue weighted by Gasteiger charge is -2.45. The molecule has 0 radical (unpaired) electrons. The van der Waals surface area contributed by atoms with Gasteiger partial charge in [-0.3, -0.25) is 0 Å². The van der Waals surface area contributed by atoms with Crippen LogP contribution in [0.5, 0.6) is 0 Å². The van der Waals surface area contributed by atoms with Crippen LogP contribution in [0.1, 0.15) is 92.1 Å². The number of aromatic carboxylic acids is 1. The van der Waals surface area contributed by atoms with Crippen LogP contribution in [0.2, 0.25) is 0 Å². The summed E-state index contributed by atoms with van der Waals surface area (Å²) < 4.78 is 0. The van der Waals surface area contributed by atoms with Gasteiger partial charge in [-0.2, -0.15) is 0 Å². The fourth-order valence-electron chi connectivity index (χ4n) is 5.44. The molecule has 0 aromatic carbocycles. The van der Waals surface area contributed by atoms with Crippen molar-refractivity contribution in [2.24, 2.45) is 17.3 Å². The van der Waals surface area contributed by atoms with E-state index < -0.39 is 5.97 Å². The smallest absolute Gasteiger partial charge is 0.345 e. The predicted octanol–water partition coefficient (Wildman–Crippen LogP) is 6.51. The highest BCUT2D eigenvalue weighted by Crippen LogP contribution is 2.48. The fraction of sp³-hybridized carbons (Fsp3) is 0.783. The largest absolute Gasteiger partial charge is 0.477 e. The van der Waals surface area contributed by atoms with Gasteiger partial charge < -0.3 is 10.2 Å². The Balaban J connectivity index is 1.41. The Morgan fingerprint density at radius 3 is 2.68 bits per heavy atom. The summed E-state index contributed by atoms with van der Waals surface area (Å²) in [6, 6.07) is 3.67. The molecule has 0 spiro atoms. The summed E-state index contributed by atoms with van der Waals surface area (Å²) in [5, 5.41) is 20.0. The second-order valence-electron chi connectivity index (χ2n) is 9.00. The first-order chi connectivity index (χ1) is 13.4. The van der Waals surface area contributed by atoms with Crippen molar-refractivity contribution < 1.29 is 15.0 Å². The standard InChI is InChI=1S/C23H35ClO3S/c1-2-23(14-5-15-23)21(25)9-4-8-18-16(10-12-19(18)24)6-3-7-17-11-13-20(28-17)22(26)27/h11,13,16,18-19,21,25H,2-10,12,14-15H2,1H3,(H,26,27)/t16-,18?,19+,21?/m0/s1. The van der Waals surface area contributed by atoms with Crippen molar-refractivity contribution in [2.75, 3.05) is 0 Å². The van der Waals surface area contributed by atoms with Crippen LogP contribution < -0.4 is 0 Å². The van der Waals surface area contributed by atoms with Gasteiger partial charge in [0.2, 0.25) is 0 Å². The van der Waals surface area contributed by atoms with Gasteiger partial charge in [-0.15, -0.1) is 22.9 Å². The van der Waals surface area contributed by atoms with Gasteiger partial charge in [0.1, 0.15) is 4.88 Å². The van der Waals surface area contributed by atoms with E-state index >= 15 is 0 Å². The molecule has 1 aromatic heterocycles. The molecule has 0 aliphatic heterocycles. The van der Waals surface area contributed by atoms with Crippen LogP contribution in [0.3, 0.4) is 0 Å². The van der Waals surface area contributed by atoms with E-state index in [0.29, 0.717) is 16.7 Å². The van der Waals surface area contributed by atoms with E-state index in [1.807, 2.05) is 6.07 Å². The molecule has 5 heteroatoms. The molecule has 0 amide bonds. The van der Waals surface area contributed by atoms with Crippen molar-refractivity contribution in [3.8, 4) is 0 Å². The maximum atomic E-state index is 11.0. The topological polar surface area (TPSA) is 57.5 Å². The van der Waals surface area contributed by atoms with E-state index in [4.69, 9.17) is 16.7 Å². The van der Waals surface area contributed by atoms with Crippen molar-refractivity contribution in [3.63, 3.8) is 0 Å². The first-order valence-electron chi connectivity index (χ1n) is 11.1. The highest BCUT2D eigenvalue weighted by Gasteiger charge is 2.41. The molecule has 3 nitrogen and oxygen atoms in total. The van der Waals surface area contributed by atoms with Crippen molar-refractivity contribution >= 4 is 28.9 Å². The van der Waals surface area contributed by atoms with Crippen LogP contribution in [-0.4, -0.2) is 27.7 Å². The normalized spacial score (nSPS) is 27.5. The zero-order valence-corrected chi connectivity index (χ0v) is 18.6. The van der Waals surface area contributed by atoms with Gasteiger partial charge in [-0.1, -0.05) is 19.8 Å². The summed E-state index contributed by atoms with van der Waals surface area (Å²) in [7, 11) is 0. The molecule has 2 unspecified atom stereocenters. The average molecular weight is 427 g/mol. The van der Waals surface area contributed by atoms with Crippen LogP contribution in [0.4, 0.5) is 0 Å². The molecule has 0 bridgehead atoms. The second-order valence-corrected chi connectivity index (χ2v) is 10.7. The molecule has 2 saturated carbocycles. The lowest BCUT2D eigenvalue weighted by atomic mass is 9.62. The van der Waals surface area contributed by atoms with Crippen molar-refractivity contribution in [1.29, 1.82) is 0 Å². The maximum absolute atomic E-state index is 11.0. The van der Waals surface area contributed by atoms with Gasteiger partial charge in [-0.05, 0) is 93.6 Å². The number of alkyl halides is 1. The SMILES string of the molecule is CCC1(C(O)CCCC2[C@@H](CCCc3ccc(C(=O)O)s3)CC[C@H]2Cl)CCC1. The molecule has 3 rings (SSSR count). The quantitative estimate of drug-likeness (QED) is 0.396. The summed E-state index contributed by atoms with van der Waals surface area (Å²) in [6.07, 6.45) is 13.3. The van der Waals surface area contributed by atoms with Gasteiger partial charge in [0.05, 0.1) is 6.10 Å². The van der Waals surface area contributed by atoms with E-state index in [1.54, 1.807) is 6.07 Å². The number of thiophene rings is 1. The third-order valence-corrected chi connectivity index (χ3v) is 9.20. The van der Waals surface area contributed by atoms with E-state index in [1.165, 1.54) is 48.3 Å². The van der Waals surface area contributed by atoms with Gasteiger partial charge in [-0.25, -0.2) is 4.79 Å². The minimum Gasteiger partial charge on any atom is -0.477 e. The maximum Gasteiger partial charge on any atom is 0.345 e. The minimum atomic E-state index is -0.828. The first-order valence-corrected chi connectivity index (χ1v) is 12.3. The molecular weight excluding hydrogens is 392 g/mol. The van der Waals surface area contributed by atoms with Gasteiger partial charge >= 0.3 is 5.97 Å². The third-order valence-electron chi connectivity index (χ3n) is 7.53. The van der Waals surface area contributed by atoms with Crippen molar-refractivity contribution in [3.05, 3.63) is 21.9 Å². The van der Waals surface area contributed by atoms with Crippen LogP contribution >= 0.6 is 22.9 Å². The Morgan fingerprint density at radius 1 is 1.29 bits per heavy atom. The number of aryl methyl sites for hydroxylation is 1. The number of carboxylic acid groups (broad SMARTS) is 1. The molecule has 2 N–H and O–H groups in total. The van der Waals surface area contributed by atoms with Crippen molar-refractivity contribution in [1.82, 2.24) is 0 Å². The fourth-order valence-corrected chi connectivity index (χ4v) is 6.79. The summed E-state index contributed by atoms with van der Waals surface area (Å²) in [5.41, 5.74) is 0.213. The second kappa shape index (κ2) is 9.95. The minimum absolute atomic E-state index is 0.137.